The van der Waals surface area contributed by atoms with Crippen LogP contribution in [-0.2, 0) is 82.3 Å². The van der Waals surface area contributed by atoms with E-state index in [2.05, 4.69) is 38.3 Å². The number of phosphoric ester groups is 1. The summed E-state index contributed by atoms with van der Waals surface area (Å²) in [5, 5.41) is 5.31. The van der Waals surface area contributed by atoms with E-state index < -0.39 is 138 Å². The van der Waals surface area contributed by atoms with E-state index >= 15 is 9.36 Å². The summed E-state index contributed by atoms with van der Waals surface area (Å²) in [4.78, 5) is 101. The van der Waals surface area contributed by atoms with E-state index in [1.54, 1.807) is 66.7 Å². The number of para-hydroxylation sites is 2. The Balaban J connectivity index is 1.93. The highest BCUT2D eigenvalue weighted by molar-refractivity contribution is 7.49. The number of alkyl carbamates (subject to hydrolysis) is 1. The van der Waals surface area contributed by atoms with E-state index in [1.807, 2.05) is 0 Å². The maximum absolute atomic E-state index is 15.9. The Labute approximate surface area is 702 Å². The summed E-state index contributed by atoms with van der Waals surface area (Å²) < 4.78 is 84.9. The minimum atomic E-state index is -5.26. The van der Waals surface area contributed by atoms with Crippen molar-refractivity contribution in [3.05, 3.63) is 96.6 Å². The molecule has 29 heteroatoms. The Bertz CT molecular complexity index is 3110. The van der Waals surface area contributed by atoms with Gasteiger partial charge in [-0.3, -0.25) is 23.7 Å². The van der Waals surface area contributed by atoms with Gasteiger partial charge in [-0.05, 0) is 82.2 Å². The van der Waals surface area contributed by atoms with Crippen molar-refractivity contribution in [3.63, 3.8) is 0 Å². The van der Waals surface area contributed by atoms with Crippen LogP contribution >= 0.6 is 77.4 Å². The molecule has 22 nitrogen and oxygen atoms in total. The fourth-order valence-electron chi connectivity index (χ4n) is 12.6. The lowest BCUT2D eigenvalue weighted by Crippen LogP contribution is -2.67. The quantitative estimate of drug-likeness (QED) is 0.0175. The van der Waals surface area contributed by atoms with Gasteiger partial charge < -0.3 is 62.3 Å². The van der Waals surface area contributed by atoms with Crippen molar-refractivity contribution in [1.29, 1.82) is 0 Å². The molecule has 1 heterocycles. The van der Waals surface area contributed by atoms with Gasteiger partial charge in [0.2, 0.25) is 13.5 Å². The van der Waals surface area contributed by atoms with Gasteiger partial charge in [-0.1, -0.05) is 344 Å². The number of hydrogen-bond acceptors (Lipinski definition) is 20. The van der Waals surface area contributed by atoms with Crippen LogP contribution in [0, 0.1) is 0 Å². The van der Waals surface area contributed by atoms with Gasteiger partial charge in [0.05, 0.1) is 19.4 Å². The van der Waals surface area contributed by atoms with Gasteiger partial charge in [0, 0.05) is 12.8 Å². The molecular formula is C84H127Cl6N2O20P. The van der Waals surface area contributed by atoms with Crippen LogP contribution in [0.3, 0.4) is 0 Å². The van der Waals surface area contributed by atoms with Crippen LogP contribution < -0.4 is 19.7 Å². The van der Waals surface area contributed by atoms with Crippen LogP contribution in [0.4, 0.5) is 9.59 Å². The first-order chi connectivity index (χ1) is 54.2. The normalized spacial score (nSPS) is 16.7. The van der Waals surface area contributed by atoms with Gasteiger partial charge in [-0.2, -0.15) is 0 Å². The van der Waals surface area contributed by atoms with Crippen molar-refractivity contribution in [2.75, 3.05) is 19.8 Å². The molecule has 2 N–H and O–H groups in total. The molecule has 3 aromatic carbocycles. The number of amides is 2. The summed E-state index contributed by atoms with van der Waals surface area (Å²) in [7, 11) is -5.26. The van der Waals surface area contributed by atoms with E-state index in [-0.39, 0.29) is 43.8 Å². The number of esters is 4. The molecule has 0 bridgehead atoms. The summed E-state index contributed by atoms with van der Waals surface area (Å²) in [6.45, 7) is 8.16. The first-order valence-corrected chi connectivity index (χ1v) is 44.9. The predicted octanol–water partition coefficient (Wildman–Crippen LogP) is 23.0. The fourth-order valence-corrected chi connectivity index (χ4v) is 14.3. The van der Waals surface area contributed by atoms with Gasteiger partial charge in [-0.15, -0.1) is 0 Å². The third-order valence-electron chi connectivity index (χ3n) is 19.0. The second kappa shape index (κ2) is 58.0. The molecule has 0 radical (unpaired) electrons. The number of phosphoric acid groups is 1. The maximum atomic E-state index is 15.9. The zero-order valence-corrected chi connectivity index (χ0v) is 72.8. The Morgan fingerprint density at radius 2 is 0.929 bits per heavy atom. The van der Waals surface area contributed by atoms with E-state index in [9.17, 15) is 28.8 Å². The molecule has 640 valence electrons. The molecule has 0 saturated carbocycles. The van der Waals surface area contributed by atoms with Crippen molar-refractivity contribution >= 4 is 119 Å². The molecule has 1 aliphatic rings. The number of hydrogen-bond donors (Lipinski definition) is 2. The summed E-state index contributed by atoms with van der Waals surface area (Å²) >= 11 is 37.2. The number of ether oxygens (including phenoxy) is 9. The number of carbonyl (C=O) groups is 7. The Morgan fingerprint density at radius 1 is 0.504 bits per heavy atom. The second-order valence-electron chi connectivity index (χ2n) is 29.5. The average molecular weight is 1730 g/mol. The molecular weight excluding hydrogens is 1600 g/mol. The topological polar surface area (TPSA) is 271 Å². The molecule has 1 fully saturated rings. The van der Waals surface area contributed by atoms with Gasteiger partial charge in [0.1, 0.15) is 61.8 Å². The van der Waals surface area contributed by atoms with Gasteiger partial charge in [-0.25, -0.2) is 18.9 Å². The molecule has 1 unspecified atom stereocenters. The number of alkyl halides is 6. The third-order valence-corrected chi connectivity index (χ3v) is 22.1. The number of rotatable bonds is 61. The van der Waals surface area contributed by atoms with E-state index in [1.165, 1.54) is 51.0 Å². The molecule has 113 heavy (non-hydrogen) atoms. The van der Waals surface area contributed by atoms with Crippen LogP contribution in [0.25, 0.3) is 0 Å². The Morgan fingerprint density at radius 3 is 1.37 bits per heavy atom. The van der Waals surface area contributed by atoms with Gasteiger partial charge in [0.15, 0.2) is 24.0 Å². The van der Waals surface area contributed by atoms with Crippen molar-refractivity contribution in [2.45, 2.75) is 354 Å². The van der Waals surface area contributed by atoms with E-state index in [4.69, 9.17) is 126 Å². The Hall–Kier alpha value is -5.00. The lowest BCUT2D eigenvalue weighted by Gasteiger charge is -2.45. The highest BCUT2D eigenvalue weighted by Gasteiger charge is 2.55. The summed E-state index contributed by atoms with van der Waals surface area (Å²) in [5.74, 6) is -3.99. The van der Waals surface area contributed by atoms with E-state index in [0.29, 0.717) is 37.7 Å². The summed E-state index contributed by atoms with van der Waals surface area (Å²) in [6, 6.07) is 20.4. The molecule has 0 spiro atoms. The van der Waals surface area contributed by atoms with Crippen LogP contribution in [0.1, 0.15) is 291 Å². The van der Waals surface area contributed by atoms with Crippen LogP contribution in [0.15, 0.2) is 91.0 Å². The third kappa shape index (κ3) is 45.5. The monoisotopic (exact) mass is 1720 g/mol. The first kappa shape index (κ1) is 100. The maximum Gasteiger partial charge on any atom is 0.588 e. The summed E-state index contributed by atoms with van der Waals surface area (Å²) in [5.41, 5.74) is -1.29. The van der Waals surface area contributed by atoms with Crippen molar-refractivity contribution in [2.24, 2.45) is 0 Å². The zero-order valence-electron chi connectivity index (χ0n) is 67.4. The second-order valence-corrected chi connectivity index (χ2v) is 35.8. The van der Waals surface area contributed by atoms with E-state index in [0.717, 1.165) is 167 Å². The lowest BCUT2D eigenvalue weighted by atomic mass is 9.96. The molecule has 1 aliphatic heterocycles. The first-order valence-electron chi connectivity index (χ1n) is 41.2. The lowest BCUT2D eigenvalue weighted by molar-refractivity contribution is -0.272. The average Bonchev–Trinajstić information content (AvgIpc) is 0.770. The number of carbonyl (C=O) groups excluding carboxylic acids is 7. The predicted molar refractivity (Wildman–Crippen MR) is 443 cm³/mol. The van der Waals surface area contributed by atoms with Crippen molar-refractivity contribution in [1.82, 2.24) is 10.6 Å². The molecule has 8 atom stereocenters. The van der Waals surface area contributed by atoms with Gasteiger partial charge in [0.25, 0.3) is 0 Å². The molecule has 4 rings (SSSR count). The minimum absolute atomic E-state index is 0.0603. The largest absolute Gasteiger partial charge is 0.588 e. The molecule has 2 amide bonds. The summed E-state index contributed by atoms with van der Waals surface area (Å²) in [6.07, 6.45) is 18.1. The molecule has 1 saturated heterocycles. The zero-order chi connectivity index (χ0) is 82.6. The minimum Gasteiger partial charge on any atom is -0.462 e. The molecule has 0 aromatic heterocycles. The van der Waals surface area contributed by atoms with Crippen molar-refractivity contribution in [3.8, 4) is 11.5 Å². The number of benzene rings is 3. The highest BCUT2D eigenvalue weighted by atomic mass is 35.6. The number of nitrogens with one attached hydrogen (secondary N) is 2. The molecule has 3 aromatic rings. The smallest absolute Gasteiger partial charge is 0.462 e. The van der Waals surface area contributed by atoms with Crippen LogP contribution in [-0.4, -0.2) is 124 Å². The Kier molecular flexibility index (Phi) is 51.5. The highest BCUT2D eigenvalue weighted by Crippen LogP contribution is 2.53. The standard InChI is InChI=1S/C84H127Cl6N2O20P/c1-7-11-15-19-23-25-29-31-40-54-67(105-72(94)56-46-33-27-21-17-13-9-3)58-71(93)91-69(78(97)101-60-64-48-38-35-39-49-64)61-102-79-75(92-80(98)104-63-83(85,86)87)77(108-74(96)59-68(55-41-32-30-26-24-20-16-12-8-2)106-73(95)57-47-34-28-22-18-14-10-4)76(70(107-79)62-103-81(99)109-82(5,6)84(88,89)90)112-113(100,110-65-50-42-36-43-51-65)111-66-52-44-37-45-53-66/h35-39,42-45,48-53,67-70,75-77,79H,7-34,40-41,46-47,54-63H2,1-6H3,(H,91,93)(H,92,98)/t67-,68-,69+,70-,75-,76-,77-,79?/m1/s1. The number of halogens is 6. The SMILES string of the molecule is CCCCCCCCCCC[C@H](CC(=O)N[C@@H](COC1O[C@H](COC(=O)OC(C)(C)C(Cl)(Cl)Cl)[C@@H](OP(=O)(Oc2ccccc2)Oc2ccccc2)[C@H](OC(=O)C[C@@H](CCCCCCCCCCC)OC(=O)CCCCCCCCC)[C@H]1NC(=O)OCC(Cl)(Cl)Cl)C(=O)OCc1ccccc1)OC(=O)CCCCCCCCC. The van der Waals surface area contributed by atoms with Crippen LogP contribution in [0.2, 0.25) is 0 Å². The van der Waals surface area contributed by atoms with Crippen LogP contribution in [0.5, 0.6) is 11.5 Å². The number of unbranched alkanes of at least 4 members (excludes halogenated alkanes) is 28. The fraction of sp³-hybridized carbons (Fsp3) is 0.702. The molecule has 0 aliphatic carbocycles. The van der Waals surface area contributed by atoms with Crippen molar-refractivity contribution < 1.29 is 94.3 Å². The van der Waals surface area contributed by atoms with Gasteiger partial charge >= 0.3 is 43.9 Å².